The molecule has 3 rings (SSSR count). The van der Waals surface area contributed by atoms with E-state index in [0.29, 0.717) is 11.2 Å². The van der Waals surface area contributed by atoms with Gasteiger partial charge in [-0.05, 0) is 63.1 Å². The lowest BCUT2D eigenvalue weighted by Gasteiger charge is -2.15. The number of hydrogen-bond acceptors (Lipinski definition) is 3. The minimum atomic E-state index is -3.87. The molecule has 8 heteroatoms. The van der Waals surface area contributed by atoms with Gasteiger partial charge in [0.2, 0.25) is 0 Å². The van der Waals surface area contributed by atoms with Crippen molar-refractivity contribution in [3.05, 3.63) is 51.8 Å². The average molecular weight is 412 g/mol. The van der Waals surface area contributed by atoms with E-state index in [4.69, 9.17) is 23.2 Å². The second-order valence-electron chi connectivity index (χ2n) is 6.52. The first kappa shape index (κ1) is 19.0. The van der Waals surface area contributed by atoms with Crippen LogP contribution in [0, 0.1) is 13.8 Å². The first-order valence-corrected chi connectivity index (χ1v) is 10.3. The Hall–Kier alpha value is -1.76. The van der Waals surface area contributed by atoms with Crippen LogP contribution in [0.3, 0.4) is 0 Å². The van der Waals surface area contributed by atoms with Crippen molar-refractivity contribution in [3.63, 3.8) is 0 Å². The molecule has 0 spiro atoms. The molecule has 0 amide bonds. The second kappa shape index (κ2) is 6.76. The number of rotatable bonds is 4. The summed E-state index contributed by atoms with van der Waals surface area (Å²) in [5, 5.41) is 0.515. The van der Waals surface area contributed by atoms with Gasteiger partial charge in [-0.3, -0.25) is 4.72 Å². The quantitative estimate of drug-likeness (QED) is 0.629. The number of imidazole rings is 1. The molecule has 0 aliphatic heterocycles. The van der Waals surface area contributed by atoms with Gasteiger partial charge in [0.05, 0.1) is 22.4 Å². The van der Waals surface area contributed by atoms with Gasteiger partial charge in [0, 0.05) is 16.1 Å². The van der Waals surface area contributed by atoms with Crippen LogP contribution in [0.25, 0.3) is 11.0 Å². The number of aryl methyl sites for hydroxylation is 1. The predicted octanol–water partition coefficient (Wildman–Crippen LogP) is 5.34. The molecule has 5 nitrogen and oxygen atoms in total. The number of nitrogens with zero attached hydrogens (tertiary/aromatic N) is 2. The van der Waals surface area contributed by atoms with Gasteiger partial charge >= 0.3 is 0 Å². The summed E-state index contributed by atoms with van der Waals surface area (Å²) in [5.41, 5.74) is 3.75. The standard InChI is InChI=1S/C18H19Cl2N3O2S/c1-10(2)23-9-21-18-16(23)5-11(3)12(4)17(18)22-26(24,25)15-7-13(19)6-14(20)8-15/h5-10,22H,1-4H3. The van der Waals surface area contributed by atoms with Crippen LogP contribution in [0.5, 0.6) is 0 Å². The summed E-state index contributed by atoms with van der Waals surface area (Å²) in [6.07, 6.45) is 1.72. The van der Waals surface area contributed by atoms with Crippen molar-refractivity contribution < 1.29 is 8.42 Å². The number of aromatic nitrogens is 2. The van der Waals surface area contributed by atoms with Crippen molar-refractivity contribution in [3.8, 4) is 0 Å². The van der Waals surface area contributed by atoms with Crippen LogP contribution >= 0.6 is 23.2 Å². The highest BCUT2D eigenvalue weighted by molar-refractivity contribution is 7.92. The summed E-state index contributed by atoms with van der Waals surface area (Å²) in [7, 11) is -3.87. The van der Waals surface area contributed by atoms with Gasteiger partial charge in [0.15, 0.2) is 0 Å². The largest absolute Gasteiger partial charge is 0.328 e. The predicted molar refractivity (Wildman–Crippen MR) is 107 cm³/mol. The molecule has 0 unspecified atom stereocenters. The van der Waals surface area contributed by atoms with Crippen LogP contribution in [-0.2, 0) is 10.0 Å². The zero-order valence-electron chi connectivity index (χ0n) is 14.8. The fraction of sp³-hybridized carbons (Fsp3) is 0.278. The fourth-order valence-electron chi connectivity index (χ4n) is 2.81. The van der Waals surface area contributed by atoms with E-state index in [2.05, 4.69) is 9.71 Å². The summed E-state index contributed by atoms with van der Waals surface area (Å²) >= 11 is 11.9. The van der Waals surface area contributed by atoms with Gasteiger partial charge in [0.1, 0.15) is 5.52 Å². The molecule has 26 heavy (non-hydrogen) atoms. The third kappa shape index (κ3) is 3.41. The van der Waals surface area contributed by atoms with Crippen LogP contribution in [0.15, 0.2) is 35.5 Å². The van der Waals surface area contributed by atoms with E-state index in [1.807, 2.05) is 38.3 Å². The highest BCUT2D eigenvalue weighted by Crippen LogP contribution is 2.33. The van der Waals surface area contributed by atoms with Gasteiger partial charge in [-0.15, -0.1) is 0 Å². The molecule has 0 radical (unpaired) electrons. The lowest BCUT2D eigenvalue weighted by Crippen LogP contribution is -2.15. The number of sulfonamides is 1. The highest BCUT2D eigenvalue weighted by atomic mass is 35.5. The molecule has 2 aromatic carbocycles. The molecule has 0 atom stereocenters. The van der Waals surface area contributed by atoms with E-state index in [-0.39, 0.29) is 21.0 Å². The van der Waals surface area contributed by atoms with Crippen molar-refractivity contribution >= 4 is 49.9 Å². The number of anilines is 1. The Morgan fingerprint density at radius 3 is 2.27 bits per heavy atom. The molecule has 0 saturated carbocycles. The zero-order chi connectivity index (χ0) is 19.2. The van der Waals surface area contributed by atoms with Crippen molar-refractivity contribution in [2.75, 3.05) is 4.72 Å². The lowest BCUT2D eigenvalue weighted by molar-refractivity contribution is 0.601. The van der Waals surface area contributed by atoms with Crippen LogP contribution in [0.2, 0.25) is 10.0 Å². The molecule has 0 bridgehead atoms. The van der Waals surface area contributed by atoms with Gasteiger partial charge in [0.25, 0.3) is 10.0 Å². The topological polar surface area (TPSA) is 64.0 Å². The minimum absolute atomic E-state index is 0.00680. The fourth-order valence-corrected chi connectivity index (χ4v) is 4.66. The van der Waals surface area contributed by atoms with Crippen molar-refractivity contribution in [1.82, 2.24) is 9.55 Å². The third-order valence-corrected chi connectivity index (χ3v) is 6.09. The first-order valence-electron chi connectivity index (χ1n) is 8.06. The lowest BCUT2D eigenvalue weighted by atomic mass is 10.1. The molecule has 1 N–H and O–H groups in total. The monoisotopic (exact) mass is 411 g/mol. The minimum Gasteiger partial charge on any atom is -0.328 e. The van der Waals surface area contributed by atoms with Crippen LogP contribution in [0.4, 0.5) is 5.69 Å². The molecule has 0 aliphatic rings. The maximum Gasteiger partial charge on any atom is 0.262 e. The summed E-state index contributed by atoms with van der Waals surface area (Å²) in [4.78, 5) is 4.45. The van der Waals surface area contributed by atoms with E-state index in [1.54, 1.807) is 6.33 Å². The highest BCUT2D eigenvalue weighted by Gasteiger charge is 2.21. The summed E-state index contributed by atoms with van der Waals surface area (Å²) in [5.74, 6) is 0. The van der Waals surface area contributed by atoms with Crippen LogP contribution < -0.4 is 4.72 Å². The van der Waals surface area contributed by atoms with Crippen LogP contribution in [-0.4, -0.2) is 18.0 Å². The molecular formula is C18H19Cl2N3O2S. The number of nitrogens with one attached hydrogen (secondary N) is 1. The Balaban J connectivity index is 2.17. The Bertz CT molecular complexity index is 1090. The smallest absolute Gasteiger partial charge is 0.262 e. The molecule has 3 aromatic rings. The third-order valence-electron chi connectivity index (χ3n) is 4.33. The SMILES string of the molecule is Cc1cc2c(ncn2C(C)C)c(NS(=O)(=O)c2cc(Cl)cc(Cl)c2)c1C. The first-order chi connectivity index (χ1) is 12.1. The molecule has 0 saturated heterocycles. The molecule has 1 heterocycles. The second-order valence-corrected chi connectivity index (χ2v) is 9.07. The maximum absolute atomic E-state index is 12.9. The summed E-state index contributed by atoms with van der Waals surface area (Å²) in [6.45, 7) is 7.91. The Kier molecular flexibility index (Phi) is 4.94. The van der Waals surface area contributed by atoms with Crippen molar-refractivity contribution in [2.45, 2.75) is 38.6 Å². The number of benzene rings is 2. The molecule has 138 valence electrons. The van der Waals surface area contributed by atoms with E-state index >= 15 is 0 Å². The Morgan fingerprint density at radius 2 is 1.69 bits per heavy atom. The Labute approximate surface area is 163 Å². The van der Waals surface area contributed by atoms with Crippen LogP contribution in [0.1, 0.15) is 31.0 Å². The van der Waals surface area contributed by atoms with Crippen molar-refractivity contribution in [1.29, 1.82) is 0 Å². The summed E-state index contributed by atoms with van der Waals surface area (Å²) < 4.78 is 30.5. The number of hydrogen-bond donors (Lipinski definition) is 1. The number of halogens is 2. The van der Waals surface area contributed by atoms with Gasteiger partial charge in [-0.2, -0.15) is 0 Å². The molecular weight excluding hydrogens is 393 g/mol. The van der Waals surface area contributed by atoms with E-state index in [1.165, 1.54) is 18.2 Å². The van der Waals surface area contributed by atoms with Gasteiger partial charge in [-0.1, -0.05) is 23.2 Å². The van der Waals surface area contributed by atoms with E-state index < -0.39 is 10.0 Å². The van der Waals surface area contributed by atoms with Crippen molar-refractivity contribution in [2.24, 2.45) is 0 Å². The maximum atomic E-state index is 12.9. The van der Waals surface area contributed by atoms with E-state index in [9.17, 15) is 8.42 Å². The normalized spacial score (nSPS) is 12.1. The van der Waals surface area contributed by atoms with E-state index in [0.717, 1.165) is 16.6 Å². The zero-order valence-corrected chi connectivity index (χ0v) is 17.2. The molecule has 0 aliphatic carbocycles. The molecule has 1 aromatic heterocycles. The number of fused-ring (bicyclic) bond motifs is 1. The Morgan fingerprint density at radius 1 is 1.08 bits per heavy atom. The van der Waals surface area contributed by atoms with Gasteiger partial charge < -0.3 is 4.57 Å². The average Bonchev–Trinajstić information content (AvgIpc) is 2.94. The summed E-state index contributed by atoms with van der Waals surface area (Å²) in [6, 6.07) is 6.45. The van der Waals surface area contributed by atoms with Gasteiger partial charge in [-0.25, -0.2) is 13.4 Å². The molecule has 0 fully saturated rings.